The van der Waals surface area contributed by atoms with Crippen molar-refractivity contribution in [3.63, 3.8) is 0 Å². The molecular weight excluding hydrogens is 342 g/mol. The first-order valence-corrected chi connectivity index (χ1v) is 12.1. The van der Waals surface area contributed by atoms with E-state index in [0.717, 1.165) is 17.8 Å². The number of allylic oxidation sites excluding steroid dienone is 1. The Morgan fingerprint density at radius 1 is 1.04 bits per heavy atom. The topological polar surface area (TPSA) is 18.5 Å². The molecule has 0 saturated carbocycles. The Hall–Kier alpha value is -0.380. The predicted molar refractivity (Wildman–Crippen MR) is 126 cm³/mol. The second-order valence-corrected chi connectivity index (χ2v) is 9.91. The summed E-state index contributed by atoms with van der Waals surface area (Å²) in [5, 5.41) is 3.36. The summed E-state index contributed by atoms with van der Waals surface area (Å²) in [5.74, 6) is 2.52. The molecule has 2 aliphatic heterocycles. The summed E-state index contributed by atoms with van der Waals surface area (Å²) in [4.78, 5) is 5.12. The van der Waals surface area contributed by atoms with Crippen molar-refractivity contribution in [2.75, 3.05) is 52.4 Å². The van der Waals surface area contributed by atoms with Gasteiger partial charge in [-0.15, -0.1) is 6.58 Å². The van der Waals surface area contributed by atoms with E-state index in [1.165, 1.54) is 84.5 Å². The van der Waals surface area contributed by atoms with Crippen LogP contribution in [0.15, 0.2) is 12.7 Å². The molecule has 3 nitrogen and oxygen atoms in total. The van der Waals surface area contributed by atoms with E-state index in [0.29, 0.717) is 5.41 Å². The van der Waals surface area contributed by atoms with E-state index in [9.17, 15) is 0 Å². The molecule has 0 spiro atoms. The second-order valence-electron chi connectivity index (χ2n) is 9.91. The molecule has 0 aliphatic carbocycles. The van der Waals surface area contributed by atoms with Gasteiger partial charge in [0.25, 0.3) is 0 Å². The Labute approximate surface area is 177 Å². The van der Waals surface area contributed by atoms with Crippen molar-refractivity contribution < 1.29 is 0 Å². The predicted octanol–water partition coefficient (Wildman–Crippen LogP) is 5.28. The van der Waals surface area contributed by atoms with Crippen LogP contribution in [0.2, 0.25) is 0 Å². The maximum Gasteiger partial charge on any atom is 0.0107 e. The molecule has 0 aromatic rings. The average molecular weight is 394 g/mol. The Morgan fingerprint density at radius 2 is 1.64 bits per heavy atom. The van der Waals surface area contributed by atoms with Crippen LogP contribution in [0.3, 0.4) is 0 Å². The minimum absolute atomic E-state index is 0.356. The molecule has 2 heterocycles. The summed E-state index contributed by atoms with van der Waals surface area (Å²) < 4.78 is 0. The highest BCUT2D eigenvalue weighted by Crippen LogP contribution is 2.41. The van der Waals surface area contributed by atoms with Gasteiger partial charge in [-0.25, -0.2) is 0 Å². The number of hydrogen-bond acceptors (Lipinski definition) is 3. The van der Waals surface area contributed by atoms with E-state index in [1.807, 2.05) is 0 Å². The van der Waals surface area contributed by atoms with Gasteiger partial charge in [-0.2, -0.15) is 0 Å². The zero-order valence-corrected chi connectivity index (χ0v) is 20.1. The molecule has 2 fully saturated rings. The van der Waals surface area contributed by atoms with E-state index in [1.54, 1.807) is 0 Å². The van der Waals surface area contributed by atoms with Crippen molar-refractivity contribution in [1.82, 2.24) is 15.1 Å². The van der Waals surface area contributed by atoms with Crippen LogP contribution in [-0.2, 0) is 0 Å². The van der Waals surface area contributed by atoms with Crippen LogP contribution in [0.4, 0.5) is 0 Å². The van der Waals surface area contributed by atoms with Gasteiger partial charge in [0, 0.05) is 26.2 Å². The molecule has 3 heteroatoms. The highest BCUT2D eigenvalue weighted by atomic mass is 15.2. The first kappa shape index (κ1) is 25.7. The Balaban J connectivity index is 0.000000307. The van der Waals surface area contributed by atoms with E-state index < -0.39 is 0 Å². The lowest BCUT2D eigenvalue weighted by molar-refractivity contribution is 0.105. The highest BCUT2D eigenvalue weighted by molar-refractivity contribution is 4.98. The SMILES string of the molecule is C=CC(C)(CC(C)CC)C1CCN(CC)CC1.CC(C)CCN1CCNCC1. The average Bonchev–Trinajstić information content (AvgIpc) is 2.73. The third kappa shape index (κ3) is 9.41. The Kier molecular flexibility index (Phi) is 12.6. The lowest BCUT2D eigenvalue weighted by atomic mass is 9.67. The molecule has 2 atom stereocenters. The van der Waals surface area contributed by atoms with Gasteiger partial charge in [0.2, 0.25) is 0 Å². The summed E-state index contributed by atoms with van der Waals surface area (Å²) in [5.41, 5.74) is 0.356. The fraction of sp³-hybridized carbons (Fsp3) is 0.920. The number of piperazine rings is 1. The first-order valence-electron chi connectivity index (χ1n) is 12.1. The van der Waals surface area contributed by atoms with Crippen molar-refractivity contribution in [3.05, 3.63) is 12.7 Å². The molecule has 2 aliphatic rings. The number of likely N-dealkylation sites (tertiary alicyclic amines) is 1. The van der Waals surface area contributed by atoms with Crippen LogP contribution in [0.25, 0.3) is 0 Å². The molecule has 0 radical (unpaired) electrons. The van der Waals surface area contributed by atoms with E-state index in [4.69, 9.17) is 0 Å². The van der Waals surface area contributed by atoms with Gasteiger partial charge < -0.3 is 15.1 Å². The van der Waals surface area contributed by atoms with Crippen molar-refractivity contribution in [2.24, 2.45) is 23.2 Å². The minimum atomic E-state index is 0.356. The smallest absolute Gasteiger partial charge is 0.0107 e. The van der Waals surface area contributed by atoms with E-state index >= 15 is 0 Å². The maximum absolute atomic E-state index is 4.12. The summed E-state index contributed by atoms with van der Waals surface area (Å²) in [6, 6.07) is 0. The number of piperidine rings is 1. The molecule has 2 rings (SSSR count). The lowest BCUT2D eigenvalue weighted by Gasteiger charge is -2.42. The number of nitrogens with one attached hydrogen (secondary N) is 1. The fourth-order valence-corrected chi connectivity index (χ4v) is 4.60. The van der Waals surface area contributed by atoms with Crippen LogP contribution in [0, 0.1) is 23.2 Å². The van der Waals surface area contributed by atoms with Crippen molar-refractivity contribution >= 4 is 0 Å². The Morgan fingerprint density at radius 3 is 2.11 bits per heavy atom. The maximum atomic E-state index is 4.12. The largest absolute Gasteiger partial charge is 0.314 e. The standard InChI is InChI=1S/C16H31N.C9H20N2/c1-6-14(4)13-16(5,7-2)15-9-11-17(8-3)12-10-15;1-9(2)3-6-11-7-4-10-5-8-11/h7,14-15H,2,6,8-13H2,1,3-5H3;9-10H,3-8H2,1-2H3. The van der Waals surface area contributed by atoms with Gasteiger partial charge >= 0.3 is 0 Å². The van der Waals surface area contributed by atoms with Crippen molar-refractivity contribution in [2.45, 2.75) is 73.6 Å². The zero-order chi connectivity index (χ0) is 21.0. The molecule has 0 aromatic carbocycles. The first-order chi connectivity index (χ1) is 13.3. The lowest BCUT2D eigenvalue weighted by Crippen LogP contribution is -2.43. The normalized spacial score (nSPS) is 23.0. The van der Waals surface area contributed by atoms with Gasteiger partial charge in [0.1, 0.15) is 0 Å². The minimum Gasteiger partial charge on any atom is -0.314 e. The van der Waals surface area contributed by atoms with Crippen LogP contribution >= 0.6 is 0 Å². The second kappa shape index (κ2) is 13.8. The summed E-state index contributed by atoms with van der Waals surface area (Å²) >= 11 is 0. The molecule has 2 saturated heterocycles. The van der Waals surface area contributed by atoms with Gasteiger partial charge in [-0.1, -0.05) is 54.0 Å². The molecule has 28 heavy (non-hydrogen) atoms. The number of hydrogen-bond donors (Lipinski definition) is 1. The van der Waals surface area contributed by atoms with Crippen molar-refractivity contribution in [3.8, 4) is 0 Å². The Bertz CT molecular complexity index is 395. The van der Waals surface area contributed by atoms with Gasteiger partial charge in [0.15, 0.2) is 0 Å². The monoisotopic (exact) mass is 393 g/mol. The molecule has 166 valence electrons. The fourth-order valence-electron chi connectivity index (χ4n) is 4.60. The molecule has 2 unspecified atom stereocenters. The summed E-state index contributed by atoms with van der Waals surface area (Å²) in [7, 11) is 0. The van der Waals surface area contributed by atoms with Crippen LogP contribution in [0.5, 0.6) is 0 Å². The van der Waals surface area contributed by atoms with Gasteiger partial charge in [-0.3, -0.25) is 0 Å². The summed E-state index contributed by atoms with van der Waals surface area (Å²) in [6.45, 7) is 28.0. The van der Waals surface area contributed by atoms with Crippen LogP contribution in [0.1, 0.15) is 73.6 Å². The molecule has 1 N–H and O–H groups in total. The van der Waals surface area contributed by atoms with Gasteiger partial charge in [0.05, 0.1) is 0 Å². The van der Waals surface area contributed by atoms with E-state index in [2.05, 4.69) is 69.3 Å². The van der Waals surface area contributed by atoms with Gasteiger partial charge in [-0.05, 0) is 75.0 Å². The van der Waals surface area contributed by atoms with Crippen LogP contribution < -0.4 is 5.32 Å². The molecule has 0 bridgehead atoms. The highest BCUT2D eigenvalue weighted by Gasteiger charge is 2.34. The molecule has 0 aromatic heterocycles. The van der Waals surface area contributed by atoms with Crippen molar-refractivity contribution in [1.29, 1.82) is 0 Å². The summed E-state index contributed by atoms with van der Waals surface area (Å²) in [6.07, 6.45) is 8.89. The molecule has 0 amide bonds. The number of rotatable bonds is 9. The van der Waals surface area contributed by atoms with Crippen LogP contribution in [-0.4, -0.2) is 62.2 Å². The third-order valence-corrected chi connectivity index (χ3v) is 7.15. The molecular formula is C25H51N3. The third-order valence-electron chi connectivity index (χ3n) is 7.15. The zero-order valence-electron chi connectivity index (χ0n) is 20.1. The van der Waals surface area contributed by atoms with E-state index in [-0.39, 0.29) is 0 Å². The quantitative estimate of drug-likeness (QED) is 0.537. The number of nitrogens with zero attached hydrogens (tertiary/aromatic N) is 2.